The molecule has 3 nitrogen and oxygen atoms in total. The lowest BCUT2D eigenvalue weighted by Crippen LogP contribution is -2.02. The summed E-state index contributed by atoms with van der Waals surface area (Å²) in [5.41, 5.74) is 1.09. The Kier molecular flexibility index (Phi) is 4.83. The second-order valence-electron chi connectivity index (χ2n) is 3.67. The third-order valence-electron chi connectivity index (χ3n) is 2.31. The van der Waals surface area contributed by atoms with Crippen molar-refractivity contribution in [3.05, 3.63) is 23.8 Å². The van der Waals surface area contributed by atoms with Crippen molar-refractivity contribution in [2.75, 3.05) is 7.11 Å². The molecule has 3 heteroatoms. The van der Waals surface area contributed by atoms with Gasteiger partial charge in [-0.2, -0.15) is 0 Å². The molecule has 1 aromatic carbocycles. The highest BCUT2D eigenvalue weighted by atomic mass is 16.5. The third-order valence-corrected chi connectivity index (χ3v) is 2.31. The van der Waals surface area contributed by atoms with E-state index in [0.717, 1.165) is 30.6 Å². The lowest BCUT2D eigenvalue weighted by Gasteiger charge is -2.10. The molecule has 1 rings (SSSR count). The summed E-state index contributed by atoms with van der Waals surface area (Å²) in [6, 6.07) is 5.45. The molecular weight excluding hydrogens is 204 g/mol. The first kappa shape index (κ1) is 12.6. The molecule has 0 amide bonds. The summed E-state index contributed by atoms with van der Waals surface area (Å²) >= 11 is 0. The van der Waals surface area contributed by atoms with Gasteiger partial charge in [0.25, 0.3) is 0 Å². The van der Waals surface area contributed by atoms with Gasteiger partial charge < -0.3 is 9.47 Å². The number of carbonyl (C=O) groups excluding carboxylic acids is 1. The number of hydrogen-bond donors (Lipinski definition) is 0. The molecule has 0 heterocycles. The van der Waals surface area contributed by atoms with E-state index in [1.807, 2.05) is 12.1 Å². The zero-order valence-electron chi connectivity index (χ0n) is 10.1. The molecule has 16 heavy (non-hydrogen) atoms. The van der Waals surface area contributed by atoms with E-state index in [-0.39, 0.29) is 5.97 Å². The Bertz CT molecular complexity index is 358. The molecule has 0 bridgehead atoms. The zero-order chi connectivity index (χ0) is 12.0. The minimum atomic E-state index is -0.299. The highest BCUT2D eigenvalue weighted by Gasteiger charge is 2.06. The summed E-state index contributed by atoms with van der Waals surface area (Å²) in [5, 5.41) is 0. The van der Waals surface area contributed by atoms with Crippen molar-refractivity contribution in [2.24, 2.45) is 0 Å². The molecule has 0 saturated heterocycles. The molecule has 88 valence electrons. The lowest BCUT2D eigenvalue weighted by atomic mass is 10.1. The van der Waals surface area contributed by atoms with Crippen molar-refractivity contribution in [3.63, 3.8) is 0 Å². The zero-order valence-corrected chi connectivity index (χ0v) is 10.1. The van der Waals surface area contributed by atoms with E-state index in [2.05, 4.69) is 6.92 Å². The second-order valence-corrected chi connectivity index (χ2v) is 3.67. The van der Waals surface area contributed by atoms with Gasteiger partial charge in [0.05, 0.1) is 7.11 Å². The third kappa shape index (κ3) is 3.57. The molecule has 0 atom stereocenters. The molecule has 0 aromatic heterocycles. The first-order valence-corrected chi connectivity index (χ1v) is 5.52. The van der Waals surface area contributed by atoms with Gasteiger partial charge in [-0.3, -0.25) is 4.79 Å². The van der Waals surface area contributed by atoms with Gasteiger partial charge in [0.1, 0.15) is 11.5 Å². The van der Waals surface area contributed by atoms with E-state index >= 15 is 0 Å². The van der Waals surface area contributed by atoms with Gasteiger partial charge in [0.2, 0.25) is 0 Å². The number of methoxy groups -OCH3 is 1. The van der Waals surface area contributed by atoms with Crippen LogP contribution in [0.5, 0.6) is 11.5 Å². The van der Waals surface area contributed by atoms with Gasteiger partial charge >= 0.3 is 5.97 Å². The van der Waals surface area contributed by atoms with Crippen LogP contribution in [0.3, 0.4) is 0 Å². The number of carbonyl (C=O) groups is 1. The maximum atomic E-state index is 10.8. The molecule has 0 unspecified atom stereocenters. The van der Waals surface area contributed by atoms with Crippen LogP contribution in [0.15, 0.2) is 18.2 Å². The molecule has 0 saturated carbocycles. The van der Waals surface area contributed by atoms with E-state index < -0.39 is 0 Å². The van der Waals surface area contributed by atoms with Gasteiger partial charge in [0.15, 0.2) is 0 Å². The van der Waals surface area contributed by atoms with E-state index in [1.165, 1.54) is 6.92 Å². The molecule has 0 aliphatic rings. The van der Waals surface area contributed by atoms with E-state index in [0.29, 0.717) is 5.75 Å². The van der Waals surface area contributed by atoms with Crippen molar-refractivity contribution in [1.82, 2.24) is 0 Å². The highest BCUT2D eigenvalue weighted by Crippen LogP contribution is 2.25. The van der Waals surface area contributed by atoms with Gasteiger partial charge in [-0.25, -0.2) is 0 Å². The van der Waals surface area contributed by atoms with Gasteiger partial charge in [0, 0.05) is 6.92 Å². The largest absolute Gasteiger partial charge is 0.496 e. The summed E-state index contributed by atoms with van der Waals surface area (Å²) in [7, 11) is 1.65. The van der Waals surface area contributed by atoms with Crippen molar-refractivity contribution >= 4 is 5.97 Å². The summed E-state index contributed by atoms with van der Waals surface area (Å²) in [5.74, 6) is 1.13. The smallest absolute Gasteiger partial charge is 0.308 e. The molecular formula is C13H18O3. The summed E-state index contributed by atoms with van der Waals surface area (Å²) in [6.45, 7) is 3.54. The van der Waals surface area contributed by atoms with E-state index in [9.17, 15) is 4.79 Å². The van der Waals surface area contributed by atoms with Crippen LogP contribution < -0.4 is 9.47 Å². The first-order valence-electron chi connectivity index (χ1n) is 5.52. The van der Waals surface area contributed by atoms with Crippen molar-refractivity contribution in [3.8, 4) is 11.5 Å². The minimum absolute atomic E-state index is 0.299. The van der Waals surface area contributed by atoms with Crippen LogP contribution in [0.25, 0.3) is 0 Å². The maximum absolute atomic E-state index is 10.8. The monoisotopic (exact) mass is 222 g/mol. The Morgan fingerprint density at radius 2 is 2.12 bits per heavy atom. The van der Waals surface area contributed by atoms with Gasteiger partial charge in [-0.15, -0.1) is 0 Å². The SMILES string of the molecule is CCCCc1cc(OC(C)=O)ccc1OC. The summed E-state index contributed by atoms with van der Waals surface area (Å²) < 4.78 is 10.3. The topological polar surface area (TPSA) is 35.5 Å². The predicted octanol–water partition coefficient (Wildman–Crippen LogP) is 2.96. The highest BCUT2D eigenvalue weighted by molar-refractivity contribution is 5.69. The fourth-order valence-electron chi connectivity index (χ4n) is 1.55. The Hall–Kier alpha value is -1.51. The Labute approximate surface area is 96.4 Å². The summed E-state index contributed by atoms with van der Waals surface area (Å²) in [4.78, 5) is 10.8. The van der Waals surface area contributed by atoms with E-state index in [1.54, 1.807) is 13.2 Å². The number of hydrogen-bond acceptors (Lipinski definition) is 3. The Balaban J connectivity index is 2.87. The van der Waals surface area contributed by atoms with Crippen LogP contribution >= 0.6 is 0 Å². The number of rotatable bonds is 5. The fraction of sp³-hybridized carbons (Fsp3) is 0.462. The number of unbranched alkanes of at least 4 members (excludes halogenated alkanes) is 1. The van der Waals surface area contributed by atoms with Gasteiger partial charge in [-0.05, 0) is 36.6 Å². The first-order chi connectivity index (χ1) is 7.67. The number of aryl methyl sites for hydroxylation is 1. The Morgan fingerprint density at radius 1 is 1.38 bits per heavy atom. The molecule has 0 N–H and O–H groups in total. The fourth-order valence-corrected chi connectivity index (χ4v) is 1.55. The standard InChI is InChI=1S/C13H18O3/c1-4-5-6-11-9-12(16-10(2)14)7-8-13(11)15-3/h7-9H,4-6H2,1-3H3. The maximum Gasteiger partial charge on any atom is 0.308 e. The normalized spacial score (nSPS) is 9.94. The van der Waals surface area contributed by atoms with Crippen molar-refractivity contribution in [1.29, 1.82) is 0 Å². The van der Waals surface area contributed by atoms with Crippen LogP contribution in [0, 0.1) is 0 Å². The second kappa shape index (κ2) is 6.16. The average molecular weight is 222 g/mol. The van der Waals surface area contributed by atoms with Crippen LogP contribution in [-0.4, -0.2) is 13.1 Å². The Morgan fingerprint density at radius 3 is 2.69 bits per heavy atom. The van der Waals surface area contributed by atoms with Crippen LogP contribution in [-0.2, 0) is 11.2 Å². The minimum Gasteiger partial charge on any atom is -0.496 e. The van der Waals surface area contributed by atoms with Crippen LogP contribution in [0.4, 0.5) is 0 Å². The molecule has 0 spiro atoms. The van der Waals surface area contributed by atoms with Gasteiger partial charge in [-0.1, -0.05) is 13.3 Å². The average Bonchev–Trinajstić information content (AvgIpc) is 2.25. The molecule has 0 aliphatic carbocycles. The molecule has 1 aromatic rings. The van der Waals surface area contributed by atoms with Crippen molar-refractivity contribution < 1.29 is 14.3 Å². The lowest BCUT2D eigenvalue weighted by molar-refractivity contribution is -0.131. The number of ether oxygens (including phenoxy) is 2. The molecule has 0 aliphatic heterocycles. The molecule has 0 fully saturated rings. The number of esters is 1. The van der Waals surface area contributed by atoms with Crippen LogP contribution in [0.1, 0.15) is 32.3 Å². The summed E-state index contributed by atoms with van der Waals surface area (Å²) in [6.07, 6.45) is 3.16. The quantitative estimate of drug-likeness (QED) is 0.567. The van der Waals surface area contributed by atoms with E-state index in [4.69, 9.17) is 9.47 Å². The molecule has 0 radical (unpaired) electrons. The predicted molar refractivity (Wildman–Crippen MR) is 62.9 cm³/mol. The number of benzene rings is 1. The van der Waals surface area contributed by atoms with Crippen LogP contribution in [0.2, 0.25) is 0 Å². The van der Waals surface area contributed by atoms with Crippen molar-refractivity contribution in [2.45, 2.75) is 33.1 Å².